The highest BCUT2D eigenvalue weighted by Gasteiger charge is 2.20. The molecule has 2 amide bonds. The van der Waals surface area contributed by atoms with Crippen LogP contribution in [-0.2, 0) is 13.0 Å². The Kier molecular flexibility index (Phi) is 4.33. The summed E-state index contributed by atoms with van der Waals surface area (Å²) in [5.41, 5.74) is 1.50. The van der Waals surface area contributed by atoms with Crippen molar-refractivity contribution in [3.05, 3.63) is 40.2 Å². The smallest absolute Gasteiger partial charge is 0.319 e. The molecule has 9 heteroatoms. The number of ether oxygens (including phenoxy) is 1. The molecular weight excluding hydrogens is 332 g/mol. The number of halogens is 3. The maximum atomic E-state index is 12.4. The maximum absolute atomic E-state index is 12.4. The number of carbonyl (C=O) groups is 1. The highest BCUT2D eigenvalue weighted by molar-refractivity contribution is 6.34. The second-order valence-electron chi connectivity index (χ2n) is 4.83. The van der Waals surface area contributed by atoms with Crippen molar-refractivity contribution in [1.29, 1.82) is 0 Å². The van der Waals surface area contributed by atoms with Gasteiger partial charge in [0.05, 0.1) is 23.9 Å². The monoisotopic (exact) mass is 343 g/mol. The Bertz CT molecular complexity index is 736. The summed E-state index contributed by atoms with van der Waals surface area (Å²) < 4.78 is 34.6. The van der Waals surface area contributed by atoms with E-state index in [9.17, 15) is 13.6 Å². The molecule has 1 aliphatic heterocycles. The molecule has 2 heterocycles. The van der Waals surface area contributed by atoms with Gasteiger partial charge in [-0.15, -0.1) is 0 Å². The molecule has 23 heavy (non-hydrogen) atoms. The number of benzene rings is 1. The zero-order valence-corrected chi connectivity index (χ0v) is 12.5. The molecule has 0 bridgehead atoms. The molecule has 6 nitrogen and oxygen atoms in total. The van der Waals surface area contributed by atoms with E-state index < -0.39 is 18.2 Å². The molecule has 0 spiro atoms. The molecule has 0 fully saturated rings. The fraction of sp³-hybridized carbons (Fsp3) is 0.286. The molecule has 1 aromatic heterocycles. The fourth-order valence-electron chi connectivity index (χ4n) is 2.22. The van der Waals surface area contributed by atoms with Gasteiger partial charge >= 0.3 is 6.03 Å². The number of fused-ring (bicyclic) bond motifs is 1. The number of rotatable bonds is 4. The summed E-state index contributed by atoms with van der Waals surface area (Å²) in [6, 6.07) is 3.93. The predicted octanol–water partition coefficient (Wildman–Crippen LogP) is 3.52. The van der Waals surface area contributed by atoms with E-state index in [1.54, 1.807) is 12.1 Å². The number of amides is 2. The minimum Gasteiger partial charge on any atom is -0.493 e. The average Bonchev–Trinajstić information content (AvgIpc) is 3.16. The summed E-state index contributed by atoms with van der Waals surface area (Å²) in [7, 11) is 0. The Morgan fingerprint density at radius 1 is 1.43 bits per heavy atom. The fourth-order valence-corrected chi connectivity index (χ4v) is 2.45. The van der Waals surface area contributed by atoms with Crippen LogP contribution in [0.3, 0.4) is 0 Å². The Morgan fingerprint density at radius 3 is 3.00 bits per heavy atom. The van der Waals surface area contributed by atoms with Crippen molar-refractivity contribution in [2.75, 3.05) is 11.9 Å². The summed E-state index contributed by atoms with van der Waals surface area (Å²) in [4.78, 5) is 12.0. The van der Waals surface area contributed by atoms with Crippen LogP contribution in [0.15, 0.2) is 22.7 Å². The van der Waals surface area contributed by atoms with E-state index in [-0.39, 0.29) is 12.2 Å². The summed E-state index contributed by atoms with van der Waals surface area (Å²) >= 11 is 6.10. The molecule has 122 valence electrons. The molecule has 0 saturated heterocycles. The number of hydrogen-bond acceptors (Lipinski definition) is 4. The lowest BCUT2D eigenvalue weighted by molar-refractivity contribution is 0.112. The molecular formula is C14H12ClF2N3O3. The molecule has 1 aromatic carbocycles. The zero-order valence-electron chi connectivity index (χ0n) is 11.7. The molecule has 0 aliphatic carbocycles. The van der Waals surface area contributed by atoms with Gasteiger partial charge in [-0.1, -0.05) is 16.8 Å². The largest absolute Gasteiger partial charge is 0.493 e. The Labute approximate surface area is 134 Å². The molecule has 2 aromatic rings. The Balaban J connectivity index is 1.63. The van der Waals surface area contributed by atoms with E-state index in [2.05, 4.69) is 20.3 Å². The van der Waals surface area contributed by atoms with Gasteiger partial charge in [0, 0.05) is 18.1 Å². The quantitative estimate of drug-likeness (QED) is 0.890. The van der Waals surface area contributed by atoms with Gasteiger partial charge in [-0.25, -0.2) is 13.6 Å². The number of anilines is 1. The van der Waals surface area contributed by atoms with Gasteiger partial charge in [0.1, 0.15) is 11.4 Å². The van der Waals surface area contributed by atoms with Crippen LogP contribution in [0.5, 0.6) is 5.75 Å². The van der Waals surface area contributed by atoms with Gasteiger partial charge in [-0.2, -0.15) is 0 Å². The van der Waals surface area contributed by atoms with Crippen molar-refractivity contribution in [3.63, 3.8) is 0 Å². The summed E-state index contributed by atoms with van der Waals surface area (Å²) in [5.74, 6) is 0.144. The third-order valence-electron chi connectivity index (χ3n) is 3.29. The van der Waals surface area contributed by atoms with Crippen molar-refractivity contribution in [1.82, 2.24) is 10.5 Å². The molecule has 0 saturated carbocycles. The highest BCUT2D eigenvalue weighted by Crippen LogP contribution is 2.36. The number of nitrogens with zero attached hydrogens (tertiary/aromatic N) is 1. The molecule has 2 N–H and O–H groups in total. The maximum Gasteiger partial charge on any atom is 0.319 e. The van der Waals surface area contributed by atoms with Gasteiger partial charge in [0.15, 0.2) is 0 Å². The van der Waals surface area contributed by atoms with Crippen LogP contribution in [0.4, 0.5) is 19.3 Å². The highest BCUT2D eigenvalue weighted by atomic mass is 35.5. The zero-order chi connectivity index (χ0) is 16.4. The normalized spacial score (nSPS) is 12.9. The van der Waals surface area contributed by atoms with Crippen molar-refractivity contribution >= 4 is 23.3 Å². The van der Waals surface area contributed by atoms with E-state index in [0.717, 1.165) is 11.6 Å². The molecule has 0 atom stereocenters. The molecule has 0 unspecified atom stereocenters. The minimum atomic E-state index is -2.74. The number of aromatic nitrogens is 1. The van der Waals surface area contributed by atoms with Gasteiger partial charge < -0.3 is 19.9 Å². The SMILES string of the molecule is O=C(NCc1cc(C(F)F)on1)Nc1c(Cl)ccc2c1CCO2. The first-order valence-corrected chi connectivity index (χ1v) is 7.15. The Morgan fingerprint density at radius 2 is 2.26 bits per heavy atom. The van der Waals surface area contributed by atoms with Gasteiger partial charge in [-0.3, -0.25) is 0 Å². The first-order valence-electron chi connectivity index (χ1n) is 6.77. The van der Waals surface area contributed by atoms with Gasteiger partial charge in [0.25, 0.3) is 6.43 Å². The van der Waals surface area contributed by atoms with Crippen LogP contribution in [0.2, 0.25) is 5.02 Å². The van der Waals surface area contributed by atoms with E-state index in [4.69, 9.17) is 16.3 Å². The van der Waals surface area contributed by atoms with Crippen molar-refractivity contribution in [2.24, 2.45) is 0 Å². The average molecular weight is 344 g/mol. The number of urea groups is 1. The predicted molar refractivity (Wildman–Crippen MR) is 78.0 cm³/mol. The lowest BCUT2D eigenvalue weighted by Gasteiger charge is -2.11. The van der Waals surface area contributed by atoms with E-state index in [1.165, 1.54) is 0 Å². The van der Waals surface area contributed by atoms with Crippen LogP contribution >= 0.6 is 11.6 Å². The summed E-state index contributed by atoms with van der Waals surface area (Å²) in [6.45, 7) is 0.479. The Hall–Kier alpha value is -2.35. The van der Waals surface area contributed by atoms with Crippen molar-refractivity contribution < 1.29 is 22.8 Å². The van der Waals surface area contributed by atoms with Crippen LogP contribution in [0, 0.1) is 0 Å². The van der Waals surface area contributed by atoms with Gasteiger partial charge in [0.2, 0.25) is 5.76 Å². The standard InChI is InChI=1S/C14H12ClF2N3O3/c15-9-1-2-10-8(3-4-22-10)12(9)19-14(21)18-6-7-5-11(13(16)17)23-20-7/h1-2,5,13H,3-4,6H2,(H2,18,19,21). The third-order valence-corrected chi connectivity index (χ3v) is 3.60. The van der Waals surface area contributed by atoms with Crippen molar-refractivity contribution in [3.8, 4) is 5.75 Å². The van der Waals surface area contributed by atoms with Crippen LogP contribution in [0.1, 0.15) is 23.4 Å². The van der Waals surface area contributed by atoms with E-state index in [1.807, 2.05) is 0 Å². The van der Waals surface area contributed by atoms with E-state index in [0.29, 0.717) is 29.5 Å². The second-order valence-corrected chi connectivity index (χ2v) is 5.23. The lowest BCUT2D eigenvalue weighted by atomic mass is 10.1. The van der Waals surface area contributed by atoms with Crippen LogP contribution < -0.4 is 15.4 Å². The molecule has 3 rings (SSSR count). The molecule has 0 radical (unpaired) electrons. The topological polar surface area (TPSA) is 76.4 Å². The summed E-state index contributed by atoms with van der Waals surface area (Å²) in [6.07, 6.45) is -2.09. The van der Waals surface area contributed by atoms with Crippen molar-refractivity contribution in [2.45, 2.75) is 19.4 Å². The lowest BCUT2D eigenvalue weighted by Crippen LogP contribution is -2.28. The van der Waals surface area contributed by atoms with Crippen LogP contribution in [0.25, 0.3) is 0 Å². The first kappa shape index (κ1) is 15.5. The molecule has 1 aliphatic rings. The first-order chi connectivity index (χ1) is 11.0. The third kappa shape index (κ3) is 3.37. The van der Waals surface area contributed by atoms with Crippen LogP contribution in [-0.4, -0.2) is 17.8 Å². The number of alkyl halides is 2. The number of carbonyl (C=O) groups excluding carboxylic acids is 1. The minimum absolute atomic E-state index is 0.0504. The van der Waals surface area contributed by atoms with Gasteiger partial charge in [-0.05, 0) is 12.1 Å². The van der Waals surface area contributed by atoms with E-state index >= 15 is 0 Å². The second kappa shape index (κ2) is 6.41. The summed E-state index contributed by atoms with van der Waals surface area (Å²) in [5, 5.41) is 8.99. The number of nitrogens with one attached hydrogen (secondary N) is 2. The number of hydrogen-bond donors (Lipinski definition) is 2.